The second-order valence-electron chi connectivity index (χ2n) is 7.46. The van der Waals surface area contributed by atoms with Crippen molar-refractivity contribution in [2.45, 2.75) is 6.54 Å². The van der Waals surface area contributed by atoms with Crippen LogP contribution in [0.5, 0.6) is 0 Å². The zero-order chi connectivity index (χ0) is 19.6. The summed E-state index contributed by atoms with van der Waals surface area (Å²) in [6.07, 6.45) is 1.79. The number of amides is 1. The highest BCUT2D eigenvalue weighted by atomic mass is 16.2. The van der Waals surface area contributed by atoms with Crippen LogP contribution in [0.4, 0.5) is 0 Å². The van der Waals surface area contributed by atoms with Gasteiger partial charge in [0.1, 0.15) is 5.69 Å². The van der Waals surface area contributed by atoms with Gasteiger partial charge in [-0.15, -0.1) is 0 Å². The molecule has 2 aromatic heterocycles. The van der Waals surface area contributed by atoms with E-state index in [0.717, 1.165) is 60.6 Å². The highest BCUT2D eigenvalue weighted by molar-refractivity contribution is 6.07. The van der Waals surface area contributed by atoms with Crippen molar-refractivity contribution in [2.75, 3.05) is 26.2 Å². The first-order chi connectivity index (χ1) is 14.3. The summed E-state index contributed by atoms with van der Waals surface area (Å²) in [6, 6.07) is 20.3. The summed E-state index contributed by atoms with van der Waals surface area (Å²) in [5.41, 5.74) is 4.77. The fourth-order valence-corrected chi connectivity index (χ4v) is 4.01. The smallest absolute Gasteiger partial charge is 0.254 e. The van der Waals surface area contributed by atoms with Crippen molar-refractivity contribution in [3.8, 4) is 11.4 Å². The quantitative estimate of drug-likeness (QED) is 0.565. The molecule has 0 bridgehead atoms. The van der Waals surface area contributed by atoms with E-state index < -0.39 is 0 Å². The number of carbonyl (C=O) groups is 1. The van der Waals surface area contributed by atoms with Crippen molar-refractivity contribution in [3.05, 3.63) is 78.0 Å². The fraction of sp³-hybridized carbons (Fsp3) is 0.217. The molecule has 1 aliphatic heterocycles. The third-order valence-electron chi connectivity index (χ3n) is 5.58. The maximum Gasteiger partial charge on any atom is 0.254 e. The summed E-state index contributed by atoms with van der Waals surface area (Å²) in [4.78, 5) is 21.0. The van der Waals surface area contributed by atoms with E-state index in [4.69, 9.17) is 0 Å². The maximum absolute atomic E-state index is 13.2. The van der Waals surface area contributed by atoms with Crippen LogP contribution >= 0.6 is 0 Å². The molecule has 2 aromatic carbocycles. The molecule has 6 heteroatoms. The molecule has 0 atom stereocenters. The highest BCUT2D eigenvalue weighted by Gasteiger charge is 2.24. The number of piperazine rings is 1. The molecule has 1 fully saturated rings. The van der Waals surface area contributed by atoms with Crippen molar-refractivity contribution < 1.29 is 4.79 Å². The summed E-state index contributed by atoms with van der Waals surface area (Å²) in [5.74, 6) is 0.0996. The Morgan fingerprint density at radius 3 is 2.55 bits per heavy atom. The van der Waals surface area contributed by atoms with Gasteiger partial charge in [-0.1, -0.05) is 36.4 Å². The van der Waals surface area contributed by atoms with E-state index in [1.165, 1.54) is 5.56 Å². The molecule has 0 spiro atoms. The Balaban J connectivity index is 1.31. The maximum atomic E-state index is 13.2. The van der Waals surface area contributed by atoms with Gasteiger partial charge in [0.2, 0.25) is 0 Å². The average molecular weight is 385 g/mol. The van der Waals surface area contributed by atoms with E-state index in [1.807, 2.05) is 41.3 Å². The van der Waals surface area contributed by atoms with Gasteiger partial charge in [0.05, 0.1) is 5.69 Å². The Morgan fingerprint density at radius 1 is 0.966 bits per heavy atom. The standard InChI is InChI=1S/C23H23N5O/c29-23(28-13-11-27(12-14-28)16-17-5-2-1-3-6-17)18-7-4-8-20-19(18)15-22(25-20)21-9-10-24-26-21/h1-10,15,25H,11-14,16H2,(H,24,26). The van der Waals surface area contributed by atoms with E-state index >= 15 is 0 Å². The van der Waals surface area contributed by atoms with E-state index in [9.17, 15) is 4.79 Å². The molecule has 0 unspecified atom stereocenters. The first-order valence-electron chi connectivity index (χ1n) is 9.95. The first kappa shape index (κ1) is 17.7. The molecular formula is C23H23N5O. The highest BCUT2D eigenvalue weighted by Crippen LogP contribution is 2.26. The number of carbonyl (C=O) groups excluding carboxylic acids is 1. The van der Waals surface area contributed by atoms with Crippen LogP contribution in [0, 0.1) is 0 Å². The number of nitrogens with one attached hydrogen (secondary N) is 2. The molecule has 2 N–H and O–H groups in total. The zero-order valence-electron chi connectivity index (χ0n) is 16.1. The minimum absolute atomic E-state index is 0.0996. The Bertz CT molecular complexity index is 1110. The minimum Gasteiger partial charge on any atom is -0.353 e. The van der Waals surface area contributed by atoms with Gasteiger partial charge in [0.25, 0.3) is 5.91 Å². The van der Waals surface area contributed by atoms with E-state index in [-0.39, 0.29) is 5.91 Å². The molecule has 6 nitrogen and oxygen atoms in total. The molecular weight excluding hydrogens is 362 g/mol. The van der Waals surface area contributed by atoms with Gasteiger partial charge in [0.15, 0.2) is 0 Å². The number of hydrogen-bond donors (Lipinski definition) is 2. The van der Waals surface area contributed by atoms with Crippen molar-refractivity contribution in [2.24, 2.45) is 0 Å². The van der Waals surface area contributed by atoms with Crippen molar-refractivity contribution in [1.82, 2.24) is 25.0 Å². The summed E-state index contributed by atoms with van der Waals surface area (Å²) < 4.78 is 0. The Labute approximate surface area is 169 Å². The Hall–Kier alpha value is -3.38. The number of H-pyrrole nitrogens is 2. The predicted molar refractivity (Wildman–Crippen MR) is 114 cm³/mol. The Kier molecular flexibility index (Phi) is 4.62. The molecule has 29 heavy (non-hydrogen) atoms. The van der Waals surface area contributed by atoms with Crippen LogP contribution in [0.15, 0.2) is 66.9 Å². The number of hydrogen-bond acceptors (Lipinski definition) is 3. The van der Waals surface area contributed by atoms with Crippen LogP contribution in [0.25, 0.3) is 22.3 Å². The van der Waals surface area contributed by atoms with Crippen LogP contribution in [-0.2, 0) is 6.54 Å². The number of benzene rings is 2. The molecule has 0 saturated carbocycles. The molecule has 5 rings (SSSR count). The SMILES string of the molecule is O=C(c1cccc2[nH]c(-c3cc[nH]n3)cc12)N1CCN(Cc2ccccc2)CC1. The summed E-state index contributed by atoms with van der Waals surface area (Å²) >= 11 is 0. The van der Waals surface area contributed by atoms with Crippen LogP contribution < -0.4 is 0 Å². The third kappa shape index (κ3) is 3.54. The lowest BCUT2D eigenvalue weighted by Gasteiger charge is -2.35. The second kappa shape index (κ2) is 7.56. The minimum atomic E-state index is 0.0996. The number of fused-ring (bicyclic) bond motifs is 1. The summed E-state index contributed by atoms with van der Waals surface area (Å²) in [5, 5.41) is 8.01. The van der Waals surface area contributed by atoms with Gasteiger partial charge >= 0.3 is 0 Å². The van der Waals surface area contributed by atoms with Gasteiger partial charge in [-0.3, -0.25) is 14.8 Å². The number of aromatic amines is 2. The summed E-state index contributed by atoms with van der Waals surface area (Å²) in [6.45, 7) is 4.21. The van der Waals surface area contributed by atoms with Gasteiger partial charge in [-0.05, 0) is 29.8 Å². The van der Waals surface area contributed by atoms with Gasteiger partial charge in [0, 0.05) is 55.4 Å². The number of rotatable bonds is 4. The average Bonchev–Trinajstić information content (AvgIpc) is 3.44. The third-order valence-corrected chi connectivity index (χ3v) is 5.58. The normalized spacial score (nSPS) is 15.1. The van der Waals surface area contributed by atoms with E-state index in [2.05, 4.69) is 44.3 Å². The molecule has 3 heterocycles. The topological polar surface area (TPSA) is 68.0 Å². The van der Waals surface area contributed by atoms with Crippen molar-refractivity contribution in [1.29, 1.82) is 0 Å². The summed E-state index contributed by atoms with van der Waals surface area (Å²) in [7, 11) is 0. The Morgan fingerprint density at radius 2 is 1.79 bits per heavy atom. The predicted octanol–water partition coefficient (Wildman–Crippen LogP) is 3.52. The van der Waals surface area contributed by atoms with E-state index in [0.29, 0.717) is 0 Å². The molecule has 0 radical (unpaired) electrons. The monoisotopic (exact) mass is 385 g/mol. The zero-order valence-corrected chi connectivity index (χ0v) is 16.1. The van der Waals surface area contributed by atoms with Crippen LogP contribution in [0.1, 0.15) is 15.9 Å². The number of nitrogens with zero attached hydrogens (tertiary/aromatic N) is 3. The largest absolute Gasteiger partial charge is 0.353 e. The van der Waals surface area contributed by atoms with Crippen molar-refractivity contribution in [3.63, 3.8) is 0 Å². The van der Waals surface area contributed by atoms with Crippen molar-refractivity contribution >= 4 is 16.8 Å². The van der Waals surface area contributed by atoms with Gasteiger partial charge in [-0.25, -0.2) is 0 Å². The lowest BCUT2D eigenvalue weighted by molar-refractivity contribution is 0.0630. The van der Waals surface area contributed by atoms with Gasteiger partial charge < -0.3 is 9.88 Å². The lowest BCUT2D eigenvalue weighted by Crippen LogP contribution is -2.48. The van der Waals surface area contributed by atoms with Crippen LogP contribution in [0.2, 0.25) is 0 Å². The molecule has 146 valence electrons. The molecule has 1 amide bonds. The van der Waals surface area contributed by atoms with E-state index in [1.54, 1.807) is 6.20 Å². The number of aromatic nitrogens is 3. The lowest BCUT2D eigenvalue weighted by atomic mass is 10.1. The fourth-order valence-electron chi connectivity index (χ4n) is 4.01. The molecule has 1 saturated heterocycles. The first-order valence-corrected chi connectivity index (χ1v) is 9.95. The molecule has 4 aromatic rings. The molecule has 0 aliphatic carbocycles. The van der Waals surface area contributed by atoms with Crippen LogP contribution in [0.3, 0.4) is 0 Å². The second-order valence-corrected chi connectivity index (χ2v) is 7.46. The van der Waals surface area contributed by atoms with Gasteiger partial charge in [-0.2, -0.15) is 5.10 Å². The van der Waals surface area contributed by atoms with Crippen LogP contribution in [-0.4, -0.2) is 57.1 Å². The molecule has 1 aliphatic rings.